The van der Waals surface area contributed by atoms with Crippen LogP contribution in [0.3, 0.4) is 0 Å². The number of carbonyl (C=O) groups is 2. The van der Waals surface area contributed by atoms with Crippen molar-refractivity contribution in [1.29, 1.82) is 0 Å². The van der Waals surface area contributed by atoms with Gasteiger partial charge in [-0.25, -0.2) is 4.98 Å². The van der Waals surface area contributed by atoms with E-state index in [2.05, 4.69) is 15.6 Å². The van der Waals surface area contributed by atoms with E-state index >= 15 is 0 Å². The predicted molar refractivity (Wildman–Crippen MR) is 114 cm³/mol. The summed E-state index contributed by atoms with van der Waals surface area (Å²) in [6, 6.07) is 12.3. The van der Waals surface area contributed by atoms with Crippen LogP contribution in [-0.2, 0) is 11.3 Å². The molecule has 0 aliphatic carbocycles. The Labute approximate surface area is 182 Å². The Morgan fingerprint density at radius 1 is 1.10 bits per heavy atom. The Bertz CT molecular complexity index is 1100. The van der Waals surface area contributed by atoms with E-state index in [-0.39, 0.29) is 31.7 Å². The first kappa shape index (κ1) is 20.2. The number of rotatable bonds is 6. The lowest BCUT2D eigenvalue weighted by molar-refractivity contribution is -0.120. The van der Waals surface area contributed by atoms with Crippen molar-refractivity contribution >= 4 is 34.8 Å². The molecule has 2 N–H and O–H groups in total. The number of hydrogen-bond acceptors (Lipinski definition) is 6. The standard InChI is InChI=1S/C21H18ClN3O4S/c1-12-20(13-2-5-15(22)6-3-13)25-19(30-12)10-23-18(26)9-24-21(27)14-4-7-16-17(8-14)29-11-28-16/h2-8H,9-11H2,1H3,(H,23,26)(H,24,27). The van der Waals surface area contributed by atoms with Crippen molar-refractivity contribution in [3.63, 3.8) is 0 Å². The van der Waals surface area contributed by atoms with E-state index in [9.17, 15) is 9.59 Å². The highest BCUT2D eigenvalue weighted by Gasteiger charge is 2.17. The number of thiazole rings is 1. The average Bonchev–Trinajstić information content (AvgIpc) is 3.36. The van der Waals surface area contributed by atoms with Crippen LogP contribution in [0.25, 0.3) is 11.3 Å². The van der Waals surface area contributed by atoms with Crippen molar-refractivity contribution in [2.24, 2.45) is 0 Å². The van der Waals surface area contributed by atoms with E-state index in [1.165, 1.54) is 11.3 Å². The molecule has 0 fully saturated rings. The van der Waals surface area contributed by atoms with E-state index < -0.39 is 0 Å². The third-order valence-electron chi connectivity index (χ3n) is 4.44. The lowest BCUT2D eigenvalue weighted by Gasteiger charge is -2.06. The zero-order valence-electron chi connectivity index (χ0n) is 16.0. The van der Waals surface area contributed by atoms with Crippen LogP contribution in [-0.4, -0.2) is 30.1 Å². The zero-order valence-corrected chi connectivity index (χ0v) is 17.6. The Kier molecular flexibility index (Phi) is 5.87. The minimum atomic E-state index is -0.362. The van der Waals surface area contributed by atoms with Gasteiger partial charge in [0.25, 0.3) is 5.91 Å². The van der Waals surface area contributed by atoms with Gasteiger partial charge in [-0.3, -0.25) is 9.59 Å². The molecule has 1 aliphatic rings. The van der Waals surface area contributed by atoms with Crippen molar-refractivity contribution in [2.75, 3.05) is 13.3 Å². The third kappa shape index (κ3) is 4.55. The first-order valence-corrected chi connectivity index (χ1v) is 10.4. The van der Waals surface area contributed by atoms with Crippen LogP contribution in [0, 0.1) is 6.92 Å². The first-order chi connectivity index (χ1) is 14.5. The molecule has 2 heterocycles. The van der Waals surface area contributed by atoms with Gasteiger partial charge < -0.3 is 20.1 Å². The molecule has 2 amide bonds. The van der Waals surface area contributed by atoms with E-state index in [0.717, 1.165) is 21.1 Å². The SMILES string of the molecule is Cc1sc(CNC(=O)CNC(=O)c2ccc3c(c2)OCO3)nc1-c1ccc(Cl)cc1. The Morgan fingerprint density at radius 3 is 2.67 bits per heavy atom. The molecule has 7 nitrogen and oxygen atoms in total. The van der Waals surface area contributed by atoms with Crippen LogP contribution in [0.5, 0.6) is 11.5 Å². The summed E-state index contributed by atoms with van der Waals surface area (Å²) in [5, 5.41) is 6.83. The second-order valence-corrected chi connectivity index (χ2v) is 8.27. The molecular weight excluding hydrogens is 426 g/mol. The second kappa shape index (κ2) is 8.73. The highest BCUT2D eigenvalue weighted by molar-refractivity contribution is 7.12. The van der Waals surface area contributed by atoms with Gasteiger partial charge in [0.1, 0.15) is 5.01 Å². The number of halogens is 1. The fourth-order valence-corrected chi connectivity index (χ4v) is 3.96. The van der Waals surface area contributed by atoms with E-state index in [1.807, 2.05) is 31.2 Å². The van der Waals surface area contributed by atoms with Crippen LogP contribution in [0.2, 0.25) is 5.02 Å². The molecule has 0 bridgehead atoms. The lowest BCUT2D eigenvalue weighted by Crippen LogP contribution is -2.36. The smallest absolute Gasteiger partial charge is 0.251 e. The van der Waals surface area contributed by atoms with Crippen LogP contribution < -0.4 is 20.1 Å². The van der Waals surface area contributed by atoms with Gasteiger partial charge in [-0.15, -0.1) is 11.3 Å². The molecule has 0 atom stereocenters. The minimum Gasteiger partial charge on any atom is -0.454 e. The summed E-state index contributed by atoms with van der Waals surface area (Å²) < 4.78 is 10.5. The van der Waals surface area contributed by atoms with Gasteiger partial charge in [-0.1, -0.05) is 23.7 Å². The van der Waals surface area contributed by atoms with Crippen molar-refractivity contribution in [2.45, 2.75) is 13.5 Å². The average molecular weight is 444 g/mol. The van der Waals surface area contributed by atoms with Crippen molar-refractivity contribution in [3.8, 4) is 22.8 Å². The molecule has 4 rings (SSSR count). The quantitative estimate of drug-likeness (QED) is 0.608. The molecule has 154 valence electrons. The molecular formula is C21H18ClN3O4S. The summed E-state index contributed by atoms with van der Waals surface area (Å²) in [7, 11) is 0. The Morgan fingerprint density at radius 2 is 1.87 bits per heavy atom. The molecule has 1 aromatic heterocycles. The largest absolute Gasteiger partial charge is 0.454 e. The summed E-state index contributed by atoms with van der Waals surface area (Å²) in [6.45, 7) is 2.27. The maximum atomic E-state index is 12.2. The number of fused-ring (bicyclic) bond motifs is 1. The van der Waals surface area contributed by atoms with Crippen LogP contribution in [0.15, 0.2) is 42.5 Å². The lowest BCUT2D eigenvalue weighted by atomic mass is 10.1. The maximum Gasteiger partial charge on any atom is 0.251 e. The van der Waals surface area contributed by atoms with E-state index in [0.29, 0.717) is 22.1 Å². The minimum absolute atomic E-state index is 0.137. The number of aryl methyl sites for hydroxylation is 1. The zero-order chi connectivity index (χ0) is 21.1. The number of amides is 2. The third-order valence-corrected chi connectivity index (χ3v) is 5.66. The van der Waals surface area contributed by atoms with Crippen LogP contribution in [0.1, 0.15) is 20.2 Å². The number of hydrogen-bond donors (Lipinski definition) is 2. The predicted octanol–water partition coefficient (Wildman–Crippen LogP) is 3.55. The topological polar surface area (TPSA) is 89.6 Å². The number of nitrogens with zero attached hydrogens (tertiary/aromatic N) is 1. The summed E-state index contributed by atoms with van der Waals surface area (Å²) in [4.78, 5) is 30.0. The molecule has 9 heteroatoms. The molecule has 0 spiro atoms. The monoisotopic (exact) mass is 443 g/mol. The number of ether oxygens (including phenoxy) is 2. The van der Waals surface area contributed by atoms with Gasteiger partial charge in [0.05, 0.1) is 18.8 Å². The number of benzene rings is 2. The summed E-state index contributed by atoms with van der Waals surface area (Å²) in [5.74, 6) is 0.451. The van der Waals surface area contributed by atoms with E-state index in [1.54, 1.807) is 18.2 Å². The van der Waals surface area contributed by atoms with E-state index in [4.69, 9.17) is 21.1 Å². The van der Waals surface area contributed by atoms with Crippen molar-refractivity contribution < 1.29 is 19.1 Å². The molecule has 1 aliphatic heterocycles. The maximum absolute atomic E-state index is 12.2. The van der Waals surface area contributed by atoms with Gasteiger partial charge in [-0.05, 0) is 37.3 Å². The van der Waals surface area contributed by atoms with Gasteiger partial charge in [-0.2, -0.15) is 0 Å². The molecule has 3 aromatic rings. The normalized spacial score (nSPS) is 11.9. The second-order valence-electron chi connectivity index (χ2n) is 6.55. The Balaban J connectivity index is 1.29. The van der Waals surface area contributed by atoms with Crippen molar-refractivity contribution in [3.05, 3.63) is 62.9 Å². The molecule has 2 aromatic carbocycles. The number of nitrogens with one attached hydrogen (secondary N) is 2. The fourth-order valence-electron chi connectivity index (χ4n) is 2.94. The highest BCUT2D eigenvalue weighted by Crippen LogP contribution is 2.32. The molecule has 0 radical (unpaired) electrons. The summed E-state index contributed by atoms with van der Waals surface area (Å²) in [5.41, 5.74) is 2.24. The van der Waals surface area contributed by atoms with Gasteiger partial charge in [0.15, 0.2) is 11.5 Å². The number of carbonyl (C=O) groups excluding carboxylic acids is 2. The summed E-state index contributed by atoms with van der Waals surface area (Å²) in [6.07, 6.45) is 0. The highest BCUT2D eigenvalue weighted by atomic mass is 35.5. The van der Waals surface area contributed by atoms with Crippen molar-refractivity contribution in [1.82, 2.24) is 15.6 Å². The molecule has 0 saturated heterocycles. The van der Waals surface area contributed by atoms with Gasteiger partial charge >= 0.3 is 0 Å². The summed E-state index contributed by atoms with van der Waals surface area (Å²) >= 11 is 7.45. The van der Waals surface area contributed by atoms with Crippen LogP contribution >= 0.6 is 22.9 Å². The van der Waals surface area contributed by atoms with Crippen LogP contribution in [0.4, 0.5) is 0 Å². The van der Waals surface area contributed by atoms with Gasteiger partial charge in [0, 0.05) is 21.0 Å². The first-order valence-electron chi connectivity index (χ1n) is 9.16. The fraction of sp³-hybridized carbons (Fsp3) is 0.190. The molecule has 0 saturated carbocycles. The molecule has 0 unspecified atom stereocenters. The number of aromatic nitrogens is 1. The Hall–Kier alpha value is -3.10. The molecule has 30 heavy (non-hydrogen) atoms. The van der Waals surface area contributed by atoms with Gasteiger partial charge in [0.2, 0.25) is 12.7 Å².